The zero-order chi connectivity index (χ0) is 16.2. The van der Waals surface area contributed by atoms with Crippen molar-refractivity contribution in [3.05, 3.63) is 77.4 Å². The highest BCUT2D eigenvalue weighted by Crippen LogP contribution is 2.29. The second-order valence-electron chi connectivity index (χ2n) is 5.42. The lowest BCUT2D eigenvalue weighted by Gasteiger charge is -2.20. The fourth-order valence-electron chi connectivity index (χ4n) is 2.62. The van der Waals surface area contributed by atoms with E-state index in [0.29, 0.717) is 5.57 Å². The molecule has 116 valence electrons. The summed E-state index contributed by atoms with van der Waals surface area (Å²) in [6.45, 7) is 1.90. The predicted octanol–water partition coefficient (Wildman–Crippen LogP) is 3.81. The monoisotopic (exact) mass is 307 g/mol. The summed E-state index contributed by atoms with van der Waals surface area (Å²) in [4.78, 5) is 25.9. The van der Waals surface area contributed by atoms with Crippen LogP contribution in [-0.4, -0.2) is 23.5 Å². The van der Waals surface area contributed by atoms with Crippen LogP contribution in [0.25, 0.3) is 6.08 Å². The summed E-state index contributed by atoms with van der Waals surface area (Å²) < 4.78 is 5.09. The number of amides is 2. The summed E-state index contributed by atoms with van der Waals surface area (Å²) in [5.41, 5.74) is 2.30. The Morgan fingerprint density at radius 2 is 1.70 bits per heavy atom. The second kappa shape index (κ2) is 6.48. The number of ether oxygens (including phenoxy) is 1. The fraction of sp³-hybridized carbons (Fsp3) is 0.158. The van der Waals surface area contributed by atoms with E-state index in [1.165, 1.54) is 4.90 Å². The molecule has 0 spiro atoms. The molecule has 0 saturated carbocycles. The van der Waals surface area contributed by atoms with Crippen molar-refractivity contribution in [1.29, 1.82) is 0 Å². The largest absolute Gasteiger partial charge is 0.446 e. The van der Waals surface area contributed by atoms with Gasteiger partial charge >= 0.3 is 6.09 Å². The van der Waals surface area contributed by atoms with Crippen LogP contribution in [0.4, 0.5) is 4.79 Å². The van der Waals surface area contributed by atoms with Crippen molar-refractivity contribution >= 4 is 18.1 Å². The molecule has 0 radical (unpaired) electrons. The van der Waals surface area contributed by atoms with Gasteiger partial charge in [-0.15, -0.1) is 0 Å². The average Bonchev–Trinajstić information content (AvgIpc) is 2.97. The highest BCUT2D eigenvalue weighted by molar-refractivity contribution is 6.05. The van der Waals surface area contributed by atoms with Crippen LogP contribution in [0.2, 0.25) is 0 Å². The van der Waals surface area contributed by atoms with Crippen molar-refractivity contribution in [1.82, 2.24) is 4.90 Å². The van der Waals surface area contributed by atoms with Crippen molar-refractivity contribution in [2.24, 2.45) is 0 Å². The molecule has 1 saturated heterocycles. The quantitative estimate of drug-likeness (QED) is 0.810. The molecule has 23 heavy (non-hydrogen) atoms. The summed E-state index contributed by atoms with van der Waals surface area (Å²) in [6.07, 6.45) is 1.18. The lowest BCUT2D eigenvalue weighted by molar-refractivity contribution is -0.125. The van der Waals surface area contributed by atoms with E-state index in [0.717, 1.165) is 11.1 Å². The number of benzene rings is 2. The molecule has 0 aliphatic carbocycles. The molecule has 2 aromatic carbocycles. The van der Waals surface area contributed by atoms with Crippen molar-refractivity contribution in [3.8, 4) is 0 Å². The molecule has 2 amide bonds. The van der Waals surface area contributed by atoms with Gasteiger partial charge in [0.05, 0.1) is 0 Å². The van der Waals surface area contributed by atoms with Gasteiger partial charge in [-0.05, 0) is 24.1 Å². The molecule has 0 N–H and O–H groups in total. The molecule has 3 rings (SSSR count). The Kier molecular flexibility index (Phi) is 4.24. The van der Waals surface area contributed by atoms with Crippen LogP contribution in [-0.2, 0) is 9.53 Å². The van der Waals surface area contributed by atoms with Gasteiger partial charge in [0.2, 0.25) is 0 Å². The topological polar surface area (TPSA) is 46.6 Å². The van der Waals surface area contributed by atoms with Gasteiger partial charge in [0.15, 0.2) is 0 Å². The fourth-order valence-corrected chi connectivity index (χ4v) is 2.62. The minimum Gasteiger partial charge on any atom is -0.446 e. The van der Waals surface area contributed by atoms with E-state index in [1.807, 2.05) is 60.7 Å². The van der Waals surface area contributed by atoms with Gasteiger partial charge in [-0.2, -0.15) is 0 Å². The number of imide groups is 1. The standard InChI is InChI=1S/C19H17NO3/c1-14(12-15-8-4-2-5-9-15)18(21)20-17(13-23-19(20)22)16-10-6-3-7-11-16/h2-12,17H,13H2,1H3. The highest BCUT2D eigenvalue weighted by atomic mass is 16.6. The first-order chi connectivity index (χ1) is 11.2. The normalized spacial score (nSPS) is 18.0. The maximum atomic E-state index is 12.7. The van der Waals surface area contributed by atoms with Crippen molar-refractivity contribution in [2.45, 2.75) is 13.0 Å². The third-order valence-electron chi connectivity index (χ3n) is 3.80. The maximum Gasteiger partial charge on any atom is 0.417 e. The minimum absolute atomic E-state index is 0.188. The number of cyclic esters (lactones) is 1. The third-order valence-corrected chi connectivity index (χ3v) is 3.80. The van der Waals surface area contributed by atoms with Crippen molar-refractivity contribution in [3.63, 3.8) is 0 Å². The van der Waals surface area contributed by atoms with Crippen LogP contribution in [0.1, 0.15) is 24.1 Å². The van der Waals surface area contributed by atoms with E-state index in [2.05, 4.69) is 0 Å². The van der Waals surface area contributed by atoms with Crippen LogP contribution >= 0.6 is 0 Å². The number of hydrogen-bond acceptors (Lipinski definition) is 3. The molecule has 1 heterocycles. The molecule has 1 aliphatic heterocycles. The van der Waals surface area contributed by atoms with E-state index in [-0.39, 0.29) is 18.6 Å². The summed E-state index contributed by atoms with van der Waals surface area (Å²) in [5, 5.41) is 0. The molecule has 4 heteroatoms. The van der Waals surface area contributed by atoms with E-state index in [4.69, 9.17) is 4.74 Å². The first-order valence-corrected chi connectivity index (χ1v) is 7.45. The Balaban J connectivity index is 1.87. The van der Waals surface area contributed by atoms with Crippen LogP contribution < -0.4 is 0 Å². The predicted molar refractivity (Wildman–Crippen MR) is 87.5 cm³/mol. The molecule has 0 bridgehead atoms. The molecule has 1 aliphatic rings. The van der Waals surface area contributed by atoms with Crippen LogP contribution in [0.3, 0.4) is 0 Å². The van der Waals surface area contributed by atoms with E-state index < -0.39 is 6.09 Å². The van der Waals surface area contributed by atoms with Gasteiger partial charge in [0.25, 0.3) is 5.91 Å². The Hall–Kier alpha value is -2.88. The Labute approximate surface area is 135 Å². The van der Waals surface area contributed by atoms with Crippen LogP contribution in [0.5, 0.6) is 0 Å². The lowest BCUT2D eigenvalue weighted by atomic mass is 10.1. The van der Waals surface area contributed by atoms with Gasteiger partial charge in [-0.3, -0.25) is 4.79 Å². The van der Waals surface area contributed by atoms with Crippen molar-refractivity contribution in [2.75, 3.05) is 6.61 Å². The minimum atomic E-state index is -0.593. The number of carbonyl (C=O) groups excluding carboxylic acids is 2. The Bertz CT molecular complexity index is 738. The molecule has 2 aromatic rings. The van der Waals surface area contributed by atoms with Gasteiger partial charge in [0.1, 0.15) is 12.6 Å². The van der Waals surface area contributed by atoms with Gasteiger partial charge in [-0.25, -0.2) is 9.69 Å². The van der Waals surface area contributed by atoms with Gasteiger partial charge in [0, 0.05) is 5.57 Å². The van der Waals surface area contributed by atoms with Crippen molar-refractivity contribution < 1.29 is 14.3 Å². The van der Waals surface area contributed by atoms with E-state index >= 15 is 0 Å². The lowest BCUT2D eigenvalue weighted by Crippen LogP contribution is -2.34. The number of nitrogens with zero attached hydrogens (tertiary/aromatic N) is 1. The first kappa shape index (κ1) is 15.0. The number of rotatable bonds is 3. The van der Waals surface area contributed by atoms with Gasteiger partial charge in [-0.1, -0.05) is 60.7 Å². The summed E-state index contributed by atoms with van der Waals surface area (Å²) in [6, 6.07) is 18.6. The highest BCUT2D eigenvalue weighted by Gasteiger charge is 2.39. The van der Waals surface area contributed by atoms with E-state index in [1.54, 1.807) is 13.0 Å². The smallest absolute Gasteiger partial charge is 0.417 e. The summed E-state index contributed by atoms with van der Waals surface area (Å²) in [7, 11) is 0. The Morgan fingerprint density at radius 1 is 1.09 bits per heavy atom. The van der Waals surface area contributed by atoms with Crippen LogP contribution in [0, 0.1) is 0 Å². The first-order valence-electron chi connectivity index (χ1n) is 7.45. The average molecular weight is 307 g/mol. The molecule has 1 atom stereocenters. The maximum absolute atomic E-state index is 12.7. The molecular formula is C19H17NO3. The summed E-state index contributed by atoms with van der Waals surface area (Å²) in [5.74, 6) is -0.329. The second-order valence-corrected chi connectivity index (χ2v) is 5.42. The zero-order valence-corrected chi connectivity index (χ0v) is 12.8. The SMILES string of the molecule is CC(=Cc1ccccc1)C(=O)N1C(=O)OCC1c1ccccc1. The van der Waals surface area contributed by atoms with E-state index in [9.17, 15) is 9.59 Å². The molecule has 1 fully saturated rings. The molecule has 0 aromatic heterocycles. The molecule has 1 unspecified atom stereocenters. The molecule has 4 nitrogen and oxygen atoms in total. The zero-order valence-electron chi connectivity index (χ0n) is 12.8. The number of carbonyl (C=O) groups is 2. The summed E-state index contributed by atoms with van der Waals surface area (Å²) >= 11 is 0. The Morgan fingerprint density at radius 3 is 2.35 bits per heavy atom. The van der Waals surface area contributed by atoms with Crippen LogP contribution in [0.15, 0.2) is 66.2 Å². The molecular weight excluding hydrogens is 290 g/mol. The van der Waals surface area contributed by atoms with Gasteiger partial charge < -0.3 is 4.74 Å². The third kappa shape index (κ3) is 3.16. The number of hydrogen-bond donors (Lipinski definition) is 0.